The number of aliphatic hydroxyl groups excluding tert-OH is 16. The largest absolute Gasteiger partial charge is 0.394 e. The van der Waals surface area contributed by atoms with Gasteiger partial charge in [0.15, 0.2) is 37.7 Å². The normalized spacial score (nSPS) is 46.7. The Kier molecular flexibility index (Phi) is 23.9. The summed E-state index contributed by atoms with van der Waals surface area (Å²) in [4.78, 5) is 37.3. The molecule has 34 heteroatoms. The van der Waals surface area contributed by atoms with Crippen molar-refractivity contribution in [3.8, 4) is 0 Å². The van der Waals surface area contributed by atoms with Crippen molar-refractivity contribution in [1.82, 2.24) is 16.0 Å². The molecule has 19 N–H and O–H groups in total. The minimum Gasteiger partial charge on any atom is -0.394 e. The first-order valence-electron chi connectivity index (χ1n) is 25.2. The summed E-state index contributed by atoms with van der Waals surface area (Å²) in [6.07, 6.45) is -48.6. The third kappa shape index (κ3) is 14.7. The van der Waals surface area contributed by atoms with Gasteiger partial charge in [0.05, 0.1) is 46.2 Å². The Balaban J connectivity index is 1.21. The van der Waals surface area contributed by atoms with E-state index in [2.05, 4.69) is 22.5 Å². The maximum Gasteiger partial charge on any atom is 0.217 e. The molecule has 0 aromatic carbocycles. The van der Waals surface area contributed by atoms with E-state index in [9.17, 15) is 96.1 Å². The SMILES string of the molecule is C=CCO[C@@H]1O[C@H](CO)[C@@H](O[C@@H]2O[C@H](CO)[C@H](O)[C@H](O[C@@H]3O[C@H](CO)[C@@H](O[C@@H]4O[C@H](CO)[C@H](O)[C@H](O[C@@H]5O[C@H](CO)[C@@H](O[C@@H]6O[C@H](CO)[C@H](O)[C@H](O)[C@H]6O)[C@H](O)[C@H]5NC(C)=O)[C@H]4O)[C@H](O)[C@H]3NC(C)=O)[C@H]2O)[C@H](O)[C@H]1NC(C)=O. The van der Waals surface area contributed by atoms with Crippen molar-refractivity contribution >= 4 is 17.7 Å². The van der Waals surface area contributed by atoms with Crippen LogP contribution in [0.5, 0.6) is 0 Å². The van der Waals surface area contributed by atoms with Gasteiger partial charge in [-0.3, -0.25) is 14.4 Å². The smallest absolute Gasteiger partial charge is 0.217 e. The van der Waals surface area contributed by atoms with E-state index in [4.69, 9.17) is 56.8 Å². The van der Waals surface area contributed by atoms with Crippen LogP contribution in [-0.4, -0.2) is 330 Å². The van der Waals surface area contributed by atoms with Crippen molar-refractivity contribution in [2.45, 2.75) is 205 Å². The molecule has 6 aliphatic rings. The molecule has 6 aliphatic heterocycles. The average Bonchev–Trinajstić information content (AvgIpc) is 3.52. The van der Waals surface area contributed by atoms with Crippen LogP contribution in [-0.2, 0) is 71.2 Å². The zero-order chi connectivity index (χ0) is 58.3. The van der Waals surface area contributed by atoms with Gasteiger partial charge in [-0.15, -0.1) is 6.58 Å². The number of nitrogens with one attached hydrogen (secondary N) is 3. The van der Waals surface area contributed by atoms with Crippen molar-refractivity contribution in [3.63, 3.8) is 0 Å². The van der Waals surface area contributed by atoms with Crippen LogP contribution in [0.1, 0.15) is 20.8 Å². The van der Waals surface area contributed by atoms with Crippen LogP contribution in [0.3, 0.4) is 0 Å². The fourth-order valence-corrected chi connectivity index (χ4v) is 10.0. The van der Waals surface area contributed by atoms with E-state index in [0.717, 1.165) is 20.8 Å². The molecule has 34 nitrogen and oxygen atoms in total. The molecule has 0 spiro atoms. The van der Waals surface area contributed by atoms with Crippen LogP contribution < -0.4 is 16.0 Å². The minimum absolute atomic E-state index is 0.113. The predicted octanol–water partition coefficient (Wildman–Crippen LogP) is -12.5. The second kappa shape index (κ2) is 29.0. The highest BCUT2D eigenvalue weighted by Gasteiger charge is 2.58. The molecule has 0 saturated carbocycles. The van der Waals surface area contributed by atoms with E-state index < -0.39 is 241 Å². The second-order valence-corrected chi connectivity index (χ2v) is 19.6. The highest BCUT2D eigenvalue weighted by Crippen LogP contribution is 2.37. The Morgan fingerprint density at radius 3 is 0.962 bits per heavy atom. The van der Waals surface area contributed by atoms with Gasteiger partial charge in [-0.25, -0.2) is 0 Å². The number of carbonyl (C=O) groups is 3. The van der Waals surface area contributed by atoms with E-state index in [0.29, 0.717) is 0 Å². The number of hydrogen-bond donors (Lipinski definition) is 19. The lowest BCUT2D eigenvalue weighted by molar-refractivity contribution is -0.385. The first kappa shape index (κ1) is 65.2. The lowest BCUT2D eigenvalue weighted by Gasteiger charge is -2.51. The van der Waals surface area contributed by atoms with Gasteiger partial charge in [0.2, 0.25) is 17.7 Å². The van der Waals surface area contributed by atoms with Crippen molar-refractivity contribution in [3.05, 3.63) is 12.7 Å². The molecule has 6 heterocycles. The summed E-state index contributed by atoms with van der Waals surface area (Å²) in [5, 5.41) is 181. The second-order valence-electron chi connectivity index (χ2n) is 19.6. The molecule has 0 radical (unpaired) electrons. The third-order valence-corrected chi connectivity index (χ3v) is 14.0. The lowest BCUT2D eigenvalue weighted by atomic mass is 9.93. The molecule has 6 fully saturated rings. The van der Waals surface area contributed by atoms with Gasteiger partial charge in [-0.05, 0) is 0 Å². The number of aliphatic hydroxyl groups is 16. The fourth-order valence-electron chi connectivity index (χ4n) is 10.0. The van der Waals surface area contributed by atoms with Crippen molar-refractivity contribution in [1.29, 1.82) is 0 Å². The number of ether oxygens (including phenoxy) is 12. The zero-order valence-electron chi connectivity index (χ0n) is 42.8. The molecule has 0 unspecified atom stereocenters. The highest BCUT2D eigenvalue weighted by molar-refractivity contribution is 5.74. The third-order valence-electron chi connectivity index (χ3n) is 14.0. The molecule has 79 heavy (non-hydrogen) atoms. The van der Waals surface area contributed by atoms with Crippen LogP contribution in [0.4, 0.5) is 0 Å². The minimum atomic E-state index is -2.22. The molecule has 0 aliphatic carbocycles. The average molecular weight is 1150 g/mol. The van der Waals surface area contributed by atoms with Gasteiger partial charge in [-0.1, -0.05) is 6.08 Å². The molecule has 0 aromatic heterocycles. The van der Waals surface area contributed by atoms with E-state index in [1.165, 1.54) is 6.08 Å². The molecular weight excluding hydrogens is 1080 g/mol. The predicted molar refractivity (Wildman–Crippen MR) is 248 cm³/mol. The molecule has 6 saturated heterocycles. The summed E-state index contributed by atoms with van der Waals surface area (Å²) in [5.41, 5.74) is 0. The van der Waals surface area contributed by atoms with Crippen molar-refractivity contribution < 1.29 is 153 Å². The fraction of sp³-hybridized carbons (Fsp3) is 0.889. The molecule has 0 aromatic rings. The van der Waals surface area contributed by atoms with Crippen LogP contribution in [0, 0.1) is 0 Å². The van der Waals surface area contributed by atoms with Crippen LogP contribution >= 0.6 is 0 Å². The molecular formula is C45H75N3O31. The van der Waals surface area contributed by atoms with Gasteiger partial charge in [0.1, 0.15) is 146 Å². The Bertz CT molecular complexity index is 1950. The van der Waals surface area contributed by atoms with Crippen molar-refractivity contribution in [2.75, 3.05) is 46.2 Å². The number of amides is 3. The first-order chi connectivity index (χ1) is 37.5. The highest BCUT2D eigenvalue weighted by atomic mass is 16.8. The maximum atomic E-state index is 12.7. The zero-order valence-corrected chi connectivity index (χ0v) is 42.8. The van der Waals surface area contributed by atoms with Gasteiger partial charge >= 0.3 is 0 Å². The number of hydrogen-bond acceptors (Lipinski definition) is 31. The number of carbonyl (C=O) groups excluding carboxylic acids is 3. The topological polar surface area (TPSA) is 522 Å². The van der Waals surface area contributed by atoms with Gasteiger partial charge in [0, 0.05) is 20.8 Å². The van der Waals surface area contributed by atoms with Crippen molar-refractivity contribution in [2.24, 2.45) is 0 Å². The van der Waals surface area contributed by atoms with Crippen LogP contribution in [0.25, 0.3) is 0 Å². The van der Waals surface area contributed by atoms with Gasteiger partial charge < -0.3 is 154 Å². The number of rotatable bonds is 22. The van der Waals surface area contributed by atoms with Gasteiger partial charge in [0.25, 0.3) is 0 Å². The molecule has 6 rings (SSSR count). The monoisotopic (exact) mass is 1150 g/mol. The van der Waals surface area contributed by atoms with E-state index in [1.807, 2.05) is 0 Å². The van der Waals surface area contributed by atoms with E-state index in [1.54, 1.807) is 0 Å². The quantitative estimate of drug-likeness (QED) is 0.0448. The lowest BCUT2D eigenvalue weighted by Crippen LogP contribution is -2.71. The molecule has 0 bridgehead atoms. The van der Waals surface area contributed by atoms with E-state index >= 15 is 0 Å². The summed E-state index contributed by atoms with van der Waals surface area (Å²) in [6.45, 7) is 0.844. The molecule has 456 valence electrons. The summed E-state index contributed by atoms with van der Waals surface area (Å²) in [7, 11) is 0. The standard InChI is InChI=1S/C45H75N3O31/c1-5-6-68-40-22(46-13(2)55)28(61)35(19(10-52)72-40)76-44-33(66)38(26(59)17(8-50)70-44)79-42-24(48-15(4)57)30(63)37(21(12-54)74-42)77-45-34(67)39(27(60)18(9-51)71-45)78-41-23(47-14(3)56)29(62)36(20(11-53)73-41)75-43-32(65)31(64)25(58)16(7-49)69-43/h5,16-45,49-54,58-67H,1,6-12H2,2-4H3,(H,46,55)(H,47,56)(H,48,57)/t16-,17-,18-,19-,20-,21-,22-,23-,24-,25+,26+,27+,28-,29-,30-,31+,32-,33-,34-,35-,36-,37-,38+,39+,40-,41+,42+,43+,44+,45+/m1/s1. The summed E-state index contributed by atoms with van der Waals surface area (Å²) in [6, 6.07) is -4.88. The summed E-state index contributed by atoms with van der Waals surface area (Å²) in [5.74, 6) is -2.32. The Labute approximate surface area is 449 Å². The summed E-state index contributed by atoms with van der Waals surface area (Å²) >= 11 is 0. The maximum absolute atomic E-state index is 12.7. The van der Waals surface area contributed by atoms with Gasteiger partial charge in [-0.2, -0.15) is 0 Å². The first-order valence-corrected chi connectivity index (χ1v) is 25.2. The van der Waals surface area contributed by atoms with Crippen LogP contribution in [0.2, 0.25) is 0 Å². The van der Waals surface area contributed by atoms with Crippen LogP contribution in [0.15, 0.2) is 12.7 Å². The van der Waals surface area contributed by atoms with E-state index in [-0.39, 0.29) is 6.61 Å². The summed E-state index contributed by atoms with van der Waals surface area (Å²) < 4.78 is 69.4. The molecule has 30 atom stereocenters. The molecule has 3 amide bonds. The Morgan fingerprint density at radius 2 is 0.646 bits per heavy atom. The Hall–Kier alpha value is -2.97. The Morgan fingerprint density at radius 1 is 0.367 bits per heavy atom.